The summed E-state index contributed by atoms with van der Waals surface area (Å²) < 4.78 is 17.6. The predicted molar refractivity (Wildman–Crippen MR) is 135 cm³/mol. The lowest BCUT2D eigenvalue weighted by molar-refractivity contribution is -0.145. The second-order valence-corrected chi connectivity index (χ2v) is 8.84. The van der Waals surface area contributed by atoms with E-state index in [0.29, 0.717) is 38.3 Å². The molecule has 1 atom stereocenters. The number of nitrogens with zero attached hydrogens (tertiary/aromatic N) is 2. The topological polar surface area (TPSA) is 96.2 Å². The molecular weight excluding hydrogens is 480 g/mol. The zero-order valence-electron chi connectivity index (χ0n) is 20.2. The Bertz CT molecular complexity index is 1490. The fourth-order valence-electron chi connectivity index (χ4n) is 4.03. The lowest BCUT2D eigenvalue weighted by Crippen LogP contribution is -2.40. The summed E-state index contributed by atoms with van der Waals surface area (Å²) in [6.45, 7) is 3.66. The van der Waals surface area contributed by atoms with Crippen LogP contribution < -0.4 is 19.6 Å². The van der Waals surface area contributed by atoms with Gasteiger partial charge in [-0.3, -0.25) is 9.36 Å². The molecule has 1 aliphatic rings. The Morgan fingerprint density at radius 1 is 1.08 bits per heavy atom. The summed E-state index contributed by atoms with van der Waals surface area (Å²) >= 11 is 1.23. The highest BCUT2D eigenvalue weighted by Gasteiger charge is 2.33. The maximum atomic E-state index is 13.7. The second kappa shape index (κ2) is 11.2. The van der Waals surface area contributed by atoms with Crippen LogP contribution in [0.2, 0.25) is 0 Å². The SMILES string of the molecule is CCOC(=O)COc1ccccc1/C=c1/sc2n(c1=O)[C@H](c1ccccc1)C(C(=O)OC)=C(CC)N=2. The minimum Gasteiger partial charge on any atom is -0.481 e. The highest BCUT2D eigenvalue weighted by molar-refractivity contribution is 7.07. The van der Waals surface area contributed by atoms with Crippen molar-refractivity contribution in [3.8, 4) is 5.75 Å². The molecule has 0 amide bonds. The van der Waals surface area contributed by atoms with E-state index in [1.54, 1.807) is 35.8 Å². The fourth-order valence-corrected chi connectivity index (χ4v) is 5.04. The minimum atomic E-state index is -0.665. The van der Waals surface area contributed by atoms with E-state index in [2.05, 4.69) is 4.99 Å². The molecule has 0 saturated carbocycles. The molecular formula is C27H26N2O6S. The van der Waals surface area contributed by atoms with Crippen molar-refractivity contribution in [1.29, 1.82) is 0 Å². The fraction of sp³-hybridized carbons (Fsp3) is 0.259. The number of fused-ring (bicyclic) bond motifs is 1. The van der Waals surface area contributed by atoms with Crippen LogP contribution in [-0.2, 0) is 19.1 Å². The van der Waals surface area contributed by atoms with Crippen LogP contribution >= 0.6 is 11.3 Å². The number of para-hydroxylation sites is 1. The Labute approximate surface area is 211 Å². The Kier molecular flexibility index (Phi) is 7.80. The molecule has 0 fully saturated rings. The number of hydrogen-bond donors (Lipinski definition) is 0. The number of methoxy groups -OCH3 is 1. The third-order valence-corrected chi connectivity index (χ3v) is 6.60. The summed E-state index contributed by atoms with van der Waals surface area (Å²) in [4.78, 5) is 43.5. The average molecular weight is 507 g/mol. The van der Waals surface area contributed by atoms with Crippen molar-refractivity contribution in [2.75, 3.05) is 20.3 Å². The normalized spacial score (nSPS) is 15.2. The van der Waals surface area contributed by atoms with Gasteiger partial charge in [0.05, 0.1) is 35.6 Å². The molecule has 9 heteroatoms. The van der Waals surface area contributed by atoms with Crippen molar-refractivity contribution in [2.24, 2.45) is 4.99 Å². The van der Waals surface area contributed by atoms with Gasteiger partial charge in [-0.25, -0.2) is 14.6 Å². The van der Waals surface area contributed by atoms with Crippen molar-refractivity contribution in [3.05, 3.63) is 96.7 Å². The first-order chi connectivity index (χ1) is 17.5. The number of hydrogen-bond acceptors (Lipinski definition) is 8. The van der Waals surface area contributed by atoms with Gasteiger partial charge in [-0.1, -0.05) is 66.8 Å². The molecule has 1 aliphatic heterocycles. The first-order valence-corrected chi connectivity index (χ1v) is 12.4. The van der Waals surface area contributed by atoms with E-state index < -0.39 is 18.0 Å². The van der Waals surface area contributed by atoms with E-state index in [4.69, 9.17) is 14.2 Å². The molecule has 0 radical (unpaired) electrons. The van der Waals surface area contributed by atoms with Gasteiger partial charge in [0.25, 0.3) is 5.56 Å². The predicted octanol–water partition coefficient (Wildman–Crippen LogP) is 2.74. The number of ether oxygens (including phenoxy) is 3. The van der Waals surface area contributed by atoms with E-state index in [1.807, 2.05) is 43.3 Å². The molecule has 2 aromatic carbocycles. The Hall–Kier alpha value is -3.98. The summed E-state index contributed by atoms with van der Waals surface area (Å²) in [5.74, 6) is -0.547. The zero-order chi connectivity index (χ0) is 25.7. The van der Waals surface area contributed by atoms with Crippen molar-refractivity contribution >= 4 is 29.4 Å². The molecule has 0 bridgehead atoms. The van der Waals surface area contributed by atoms with Crippen LogP contribution in [0.1, 0.15) is 37.4 Å². The van der Waals surface area contributed by atoms with Crippen molar-refractivity contribution < 1.29 is 23.8 Å². The molecule has 1 aromatic heterocycles. The van der Waals surface area contributed by atoms with Crippen molar-refractivity contribution in [1.82, 2.24) is 4.57 Å². The molecule has 0 spiro atoms. The van der Waals surface area contributed by atoms with E-state index in [0.717, 1.165) is 5.56 Å². The van der Waals surface area contributed by atoms with Crippen LogP contribution in [0.15, 0.2) is 75.7 Å². The van der Waals surface area contributed by atoms with Crippen molar-refractivity contribution in [3.63, 3.8) is 0 Å². The summed E-state index contributed by atoms with van der Waals surface area (Å²) in [6.07, 6.45) is 2.21. The molecule has 0 N–H and O–H groups in total. The minimum absolute atomic E-state index is 0.240. The number of rotatable bonds is 8. The van der Waals surface area contributed by atoms with Crippen LogP contribution in [0.4, 0.5) is 0 Å². The van der Waals surface area contributed by atoms with Gasteiger partial charge in [0, 0.05) is 5.56 Å². The molecule has 186 valence electrons. The Morgan fingerprint density at radius 3 is 2.50 bits per heavy atom. The third-order valence-electron chi connectivity index (χ3n) is 5.62. The highest BCUT2D eigenvalue weighted by Crippen LogP contribution is 2.31. The summed E-state index contributed by atoms with van der Waals surface area (Å²) in [5, 5.41) is 0. The van der Waals surface area contributed by atoms with Gasteiger partial charge in [-0.2, -0.15) is 0 Å². The molecule has 4 rings (SSSR count). The number of aromatic nitrogens is 1. The largest absolute Gasteiger partial charge is 0.481 e. The second-order valence-electron chi connectivity index (χ2n) is 7.83. The Balaban J connectivity index is 1.86. The quantitative estimate of drug-likeness (QED) is 0.436. The highest BCUT2D eigenvalue weighted by atomic mass is 32.1. The van der Waals surface area contributed by atoms with Gasteiger partial charge in [0.1, 0.15) is 5.75 Å². The number of carbonyl (C=O) groups excluding carboxylic acids is 2. The molecule has 3 aromatic rings. The van der Waals surface area contributed by atoms with Crippen LogP contribution in [0.25, 0.3) is 6.08 Å². The summed E-state index contributed by atoms with van der Waals surface area (Å²) in [7, 11) is 1.32. The number of allylic oxidation sites excluding steroid dienone is 1. The number of esters is 2. The zero-order valence-corrected chi connectivity index (χ0v) is 21.0. The van der Waals surface area contributed by atoms with Crippen molar-refractivity contribution in [2.45, 2.75) is 26.3 Å². The standard InChI is InChI=1S/C27H26N2O6S/c1-4-19-23(26(32)33-3)24(17-11-7-6-8-12-17)29-25(31)21(36-27(29)28-19)15-18-13-9-10-14-20(18)35-16-22(30)34-5-2/h6-15,24H,4-5,16H2,1-3H3/b21-15+/t24-/m1/s1. The van der Waals surface area contributed by atoms with E-state index in [9.17, 15) is 14.4 Å². The number of carbonyl (C=O) groups is 2. The van der Waals surface area contributed by atoms with Gasteiger partial charge in [0.2, 0.25) is 0 Å². The van der Waals surface area contributed by atoms with Crippen LogP contribution in [0.5, 0.6) is 5.75 Å². The first kappa shape index (κ1) is 25.1. The smallest absolute Gasteiger partial charge is 0.344 e. The lowest BCUT2D eigenvalue weighted by atomic mass is 9.95. The first-order valence-electron chi connectivity index (χ1n) is 11.5. The van der Waals surface area contributed by atoms with Gasteiger partial charge in [0.15, 0.2) is 11.4 Å². The monoisotopic (exact) mass is 506 g/mol. The molecule has 36 heavy (non-hydrogen) atoms. The van der Waals surface area contributed by atoms with Crippen LogP contribution in [-0.4, -0.2) is 36.8 Å². The maximum Gasteiger partial charge on any atom is 0.344 e. The third kappa shape index (κ3) is 5.01. The van der Waals surface area contributed by atoms with E-state index >= 15 is 0 Å². The molecule has 0 unspecified atom stereocenters. The van der Waals surface area contributed by atoms with E-state index in [-0.39, 0.29) is 18.8 Å². The Morgan fingerprint density at radius 2 is 1.81 bits per heavy atom. The molecule has 8 nitrogen and oxygen atoms in total. The molecule has 0 aliphatic carbocycles. The van der Waals surface area contributed by atoms with Gasteiger partial charge >= 0.3 is 11.9 Å². The average Bonchev–Trinajstić information content (AvgIpc) is 3.21. The van der Waals surface area contributed by atoms with Gasteiger partial charge < -0.3 is 14.2 Å². The van der Waals surface area contributed by atoms with Gasteiger partial charge in [-0.15, -0.1) is 0 Å². The lowest BCUT2D eigenvalue weighted by Gasteiger charge is -2.25. The molecule has 2 heterocycles. The van der Waals surface area contributed by atoms with Gasteiger partial charge in [-0.05, 0) is 31.1 Å². The van der Waals surface area contributed by atoms with E-state index in [1.165, 1.54) is 18.4 Å². The summed E-state index contributed by atoms with van der Waals surface area (Å²) in [5.41, 5.74) is 2.06. The number of benzene rings is 2. The van der Waals surface area contributed by atoms with Crippen LogP contribution in [0, 0.1) is 0 Å². The van der Waals surface area contributed by atoms with Crippen LogP contribution in [0.3, 0.4) is 0 Å². The number of thiazole rings is 1. The maximum absolute atomic E-state index is 13.7. The summed E-state index contributed by atoms with van der Waals surface area (Å²) in [6, 6.07) is 15.8. The molecule has 0 saturated heterocycles.